The molecule has 0 aliphatic heterocycles. The van der Waals surface area contributed by atoms with E-state index in [1.54, 1.807) is 0 Å². The fourth-order valence-electron chi connectivity index (χ4n) is 2.16. The van der Waals surface area contributed by atoms with Gasteiger partial charge in [-0.1, -0.05) is 45.9 Å². The maximum absolute atomic E-state index is 6.07. The van der Waals surface area contributed by atoms with Gasteiger partial charge in [0.1, 0.15) is 11.4 Å². The Bertz CT molecular complexity index is 713. The van der Waals surface area contributed by atoms with Crippen molar-refractivity contribution >= 4 is 23.1 Å². The third-order valence-electron chi connectivity index (χ3n) is 3.33. The zero-order valence-corrected chi connectivity index (χ0v) is 14.2. The van der Waals surface area contributed by atoms with Gasteiger partial charge in [0.15, 0.2) is 0 Å². The van der Waals surface area contributed by atoms with Gasteiger partial charge in [-0.05, 0) is 42.3 Å². The van der Waals surface area contributed by atoms with Gasteiger partial charge in [0, 0.05) is 11.3 Å². The Kier molecular flexibility index (Phi) is 5.07. The molecule has 1 aromatic heterocycles. The van der Waals surface area contributed by atoms with Crippen LogP contribution in [0.25, 0.3) is 0 Å². The molecule has 1 aromatic carbocycles. The van der Waals surface area contributed by atoms with Gasteiger partial charge < -0.3 is 4.74 Å². The van der Waals surface area contributed by atoms with E-state index >= 15 is 0 Å². The number of aryl methyl sites for hydroxylation is 1. The lowest BCUT2D eigenvalue weighted by atomic mass is 9.86. The van der Waals surface area contributed by atoms with Gasteiger partial charge in [0.05, 0.1) is 5.16 Å². The zero-order chi connectivity index (χ0) is 16.2. The molecule has 2 aromatic rings. The van der Waals surface area contributed by atoms with Gasteiger partial charge in [-0.2, -0.15) is 4.99 Å². The van der Waals surface area contributed by atoms with Crippen LogP contribution in [-0.2, 0) is 11.8 Å². The molecule has 3 nitrogen and oxygen atoms in total. The normalized spacial score (nSPS) is 10.9. The number of aromatic nitrogens is 1. The second-order valence-corrected chi connectivity index (χ2v) is 6.21. The molecule has 0 spiro atoms. The van der Waals surface area contributed by atoms with Crippen molar-refractivity contribution in [3.8, 4) is 11.6 Å². The van der Waals surface area contributed by atoms with E-state index in [1.165, 1.54) is 0 Å². The minimum absolute atomic E-state index is 0.0213. The molecule has 4 heteroatoms. The third kappa shape index (κ3) is 3.79. The highest BCUT2D eigenvalue weighted by Crippen LogP contribution is 2.36. The Balaban J connectivity index is 2.49. The highest BCUT2D eigenvalue weighted by molar-refractivity contribution is 7.78. The molecule has 0 saturated carbocycles. The van der Waals surface area contributed by atoms with Crippen LogP contribution in [0, 0.1) is 0 Å². The Morgan fingerprint density at radius 1 is 1.18 bits per heavy atom. The first kappa shape index (κ1) is 16.3. The van der Waals surface area contributed by atoms with Crippen molar-refractivity contribution in [3.63, 3.8) is 0 Å². The first-order valence-electron chi connectivity index (χ1n) is 7.31. The Morgan fingerprint density at radius 3 is 2.55 bits per heavy atom. The zero-order valence-electron chi connectivity index (χ0n) is 13.4. The maximum atomic E-state index is 6.07. The van der Waals surface area contributed by atoms with E-state index in [-0.39, 0.29) is 5.41 Å². The first-order valence-corrected chi connectivity index (χ1v) is 7.71. The maximum Gasteiger partial charge on any atom is 0.246 e. The summed E-state index contributed by atoms with van der Waals surface area (Å²) in [5, 5.41) is 2.38. The first-order chi connectivity index (χ1) is 10.5. The number of benzene rings is 1. The van der Waals surface area contributed by atoms with Gasteiger partial charge in [-0.3, -0.25) is 0 Å². The molecule has 0 aliphatic rings. The number of nitrogens with zero attached hydrogens (tertiary/aromatic N) is 2. The number of para-hydroxylation sites is 1. The molecule has 0 saturated heterocycles. The summed E-state index contributed by atoms with van der Waals surface area (Å²) in [6, 6.07) is 11.8. The molecule has 0 bridgehead atoms. The number of ether oxygens (including phenoxy) is 1. The molecule has 22 heavy (non-hydrogen) atoms. The van der Waals surface area contributed by atoms with Gasteiger partial charge in [-0.15, -0.1) is 0 Å². The fraction of sp³-hybridized carbons (Fsp3) is 0.333. The summed E-state index contributed by atoms with van der Waals surface area (Å²) in [5.74, 6) is 1.25. The highest BCUT2D eigenvalue weighted by Gasteiger charge is 2.20. The number of thiocarbonyl (C=S) groups is 1. The van der Waals surface area contributed by atoms with Crippen molar-refractivity contribution in [2.75, 3.05) is 0 Å². The smallest absolute Gasteiger partial charge is 0.246 e. The Morgan fingerprint density at radius 2 is 1.91 bits per heavy atom. The van der Waals surface area contributed by atoms with Crippen LogP contribution in [0.15, 0.2) is 41.4 Å². The van der Waals surface area contributed by atoms with Crippen molar-refractivity contribution in [1.29, 1.82) is 0 Å². The summed E-state index contributed by atoms with van der Waals surface area (Å²) >= 11 is 4.70. The highest BCUT2D eigenvalue weighted by atomic mass is 32.1. The molecule has 114 valence electrons. The van der Waals surface area contributed by atoms with Crippen molar-refractivity contribution in [2.45, 2.75) is 39.5 Å². The number of isothiocyanates is 1. The minimum Gasteiger partial charge on any atom is -0.437 e. The molecule has 0 amide bonds. The second-order valence-electron chi connectivity index (χ2n) is 6.03. The monoisotopic (exact) mass is 312 g/mol. The van der Waals surface area contributed by atoms with Crippen LogP contribution in [-0.4, -0.2) is 10.1 Å². The van der Waals surface area contributed by atoms with Crippen molar-refractivity contribution in [3.05, 3.63) is 47.7 Å². The molecule has 0 N–H and O–H groups in total. The standard InChI is InChI=1S/C18H20N2OS/c1-5-13-10-11-15(19-12-22)17(20-13)21-16-9-7-6-8-14(16)18(2,3)4/h6-11H,5H2,1-4H3. The topological polar surface area (TPSA) is 34.5 Å². The van der Waals surface area contributed by atoms with Crippen LogP contribution in [0.1, 0.15) is 39.0 Å². The van der Waals surface area contributed by atoms with Crippen LogP contribution in [0.2, 0.25) is 0 Å². The Labute approximate surface area is 137 Å². The largest absolute Gasteiger partial charge is 0.437 e. The van der Waals surface area contributed by atoms with E-state index in [2.05, 4.69) is 48.9 Å². The molecule has 0 fully saturated rings. The summed E-state index contributed by atoms with van der Waals surface area (Å²) in [4.78, 5) is 8.57. The van der Waals surface area contributed by atoms with Crippen LogP contribution < -0.4 is 4.74 Å². The fourth-order valence-corrected chi connectivity index (χ4v) is 2.26. The molecule has 2 rings (SSSR count). The van der Waals surface area contributed by atoms with Crippen molar-refractivity contribution < 1.29 is 4.74 Å². The molecule has 1 heterocycles. The molecular weight excluding hydrogens is 292 g/mol. The summed E-state index contributed by atoms with van der Waals surface area (Å²) in [6.45, 7) is 8.51. The van der Waals surface area contributed by atoms with E-state index in [1.807, 2.05) is 30.3 Å². The van der Waals surface area contributed by atoms with Crippen molar-refractivity contribution in [2.24, 2.45) is 4.99 Å². The SMILES string of the molecule is CCc1ccc(N=C=S)c(Oc2ccccc2C(C)(C)C)n1. The molecule has 0 atom stereocenters. The quantitative estimate of drug-likeness (QED) is 0.554. The van der Waals surface area contributed by atoms with Gasteiger partial charge in [-0.25, -0.2) is 4.98 Å². The summed E-state index contributed by atoms with van der Waals surface area (Å²) in [5.41, 5.74) is 2.64. The van der Waals surface area contributed by atoms with Crippen LogP contribution >= 0.6 is 12.2 Å². The average molecular weight is 312 g/mol. The van der Waals surface area contributed by atoms with E-state index in [0.29, 0.717) is 11.6 Å². The number of pyridine rings is 1. The summed E-state index contributed by atoms with van der Waals surface area (Å²) in [6.07, 6.45) is 0.832. The van der Waals surface area contributed by atoms with Gasteiger partial charge in [0.25, 0.3) is 0 Å². The predicted octanol–water partition coefficient (Wildman–Crippen LogP) is 5.47. The lowest BCUT2D eigenvalue weighted by Gasteiger charge is -2.22. The second kappa shape index (κ2) is 6.82. The van der Waals surface area contributed by atoms with Gasteiger partial charge in [0.2, 0.25) is 5.88 Å². The number of hydrogen-bond acceptors (Lipinski definition) is 4. The number of aliphatic imine (C=N–C) groups is 1. The van der Waals surface area contributed by atoms with E-state index < -0.39 is 0 Å². The summed E-state index contributed by atoms with van der Waals surface area (Å²) < 4.78 is 6.07. The molecule has 0 aliphatic carbocycles. The van der Waals surface area contributed by atoms with Crippen LogP contribution in [0.4, 0.5) is 5.69 Å². The number of rotatable bonds is 4. The minimum atomic E-state index is -0.0213. The van der Waals surface area contributed by atoms with Crippen molar-refractivity contribution in [1.82, 2.24) is 4.98 Å². The van der Waals surface area contributed by atoms with E-state index in [4.69, 9.17) is 17.0 Å². The Hall–Kier alpha value is -2.03. The lowest BCUT2D eigenvalue weighted by Crippen LogP contribution is -2.12. The van der Waals surface area contributed by atoms with Crippen LogP contribution in [0.5, 0.6) is 11.6 Å². The predicted molar refractivity (Wildman–Crippen MR) is 93.5 cm³/mol. The molecule has 0 radical (unpaired) electrons. The summed E-state index contributed by atoms with van der Waals surface area (Å²) in [7, 11) is 0. The van der Waals surface area contributed by atoms with Gasteiger partial charge >= 0.3 is 0 Å². The molecular formula is C18H20N2OS. The van der Waals surface area contributed by atoms with E-state index in [9.17, 15) is 0 Å². The van der Waals surface area contributed by atoms with Crippen LogP contribution in [0.3, 0.4) is 0 Å². The lowest BCUT2D eigenvalue weighted by molar-refractivity contribution is 0.440. The number of hydrogen-bond donors (Lipinski definition) is 0. The van der Waals surface area contributed by atoms with E-state index in [0.717, 1.165) is 23.4 Å². The average Bonchev–Trinajstić information content (AvgIpc) is 2.48. The molecule has 0 unspecified atom stereocenters. The third-order valence-corrected chi connectivity index (χ3v) is 3.42.